The molecular formula is C20H24F2N4O. The lowest BCUT2D eigenvalue weighted by Gasteiger charge is -2.35. The molecule has 2 saturated heterocycles. The fraction of sp³-hybridized carbons (Fsp3) is 0.550. The molecule has 2 aliphatic rings. The van der Waals surface area contributed by atoms with Crippen LogP contribution in [0.2, 0.25) is 0 Å². The van der Waals surface area contributed by atoms with Gasteiger partial charge in [0.1, 0.15) is 5.82 Å². The van der Waals surface area contributed by atoms with Gasteiger partial charge in [0.05, 0.1) is 17.2 Å². The van der Waals surface area contributed by atoms with E-state index in [1.54, 1.807) is 4.90 Å². The predicted molar refractivity (Wildman–Crippen MR) is 99.9 cm³/mol. The third kappa shape index (κ3) is 4.17. The van der Waals surface area contributed by atoms with Crippen molar-refractivity contribution in [3.8, 4) is 0 Å². The van der Waals surface area contributed by atoms with Crippen molar-refractivity contribution in [1.29, 1.82) is 0 Å². The van der Waals surface area contributed by atoms with Crippen molar-refractivity contribution in [3.05, 3.63) is 30.5 Å². The molecule has 144 valence electrons. The van der Waals surface area contributed by atoms with E-state index in [0.29, 0.717) is 12.3 Å². The Morgan fingerprint density at radius 1 is 1.07 bits per heavy atom. The Balaban J connectivity index is 1.30. The average Bonchev–Trinajstić information content (AvgIpc) is 2.68. The van der Waals surface area contributed by atoms with Crippen LogP contribution in [0.15, 0.2) is 30.5 Å². The molecule has 0 N–H and O–H groups in total. The van der Waals surface area contributed by atoms with Gasteiger partial charge in [0.25, 0.3) is 5.92 Å². The number of piperidine rings is 2. The number of anilines is 1. The fourth-order valence-electron chi connectivity index (χ4n) is 3.93. The van der Waals surface area contributed by atoms with Gasteiger partial charge >= 0.3 is 0 Å². The monoisotopic (exact) mass is 374 g/mol. The molecule has 7 heteroatoms. The molecule has 0 saturated carbocycles. The Morgan fingerprint density at radius 2 is 1.74 bits per heavy atom. The first kappa shape index (κ1) is 18.1. The number of carbonyl (C=O) groups excluding carboxylic acids is 1. The van der Waals surface area contributed by atoms with Crippen LogP contribution in [0.4, 0.5) is 14.6 Å². The second kappa shape index (κ2) is 7.37. The second-order valence-electron chi connectivity index (χ2n) is 7.59. The number of hydrogen-bond donors (Lipinski definition) is 0. The minimum absolute atomic E-state index is 0.0226. The highest BCUT2D eigenvalue weighted by molar-refractivity contribution is 5.77. The van der Waals surface area contributed by atoms with E-state index in [9.17, 15) is 13.6 Å². The van der Waals surface area contributed by atoms with Crippen LogP contribution in [-0.4, -0.2) is 52.9 Å². The summed E-state index contributed by atoms with van der Waals surface area (Å²) in [5, 5.41) is 0. The maximum Gasteiger partial charge on any atom is 0.251 e. The van der Waals surface area contributed by atoms with Gasteiger partial charge in [-0.1, -0.05) is 12.1 Å². The molecule has 27 heavy (non-hydrogen) atoms. The smallest absolute Gasteiger partial charge is 0.251 e. The number of fused-ring (bicyclic) bond motifs is 1. The van der Waals surface area contributed by atoms with E-state index in [-0.39, 0.29) is 31.8 Å². The van der Waals surface area contributed by atoms with E-state index in [1.165, 1.54) is 0 Å². The van der Waals surface area contributed by atoms with E-state index in [0.717, 1.165) is 42.8 Å². The Bertz CT molecular complexity index is 810. The van der Waals surface area contributed by atoms with Crippen LogP contribution < -0.4 is 4.90 Å². The summed E-state index contributed by atoms with van der Waals surface area (Å²) in [5.74, 6) is -1.40. The number of halogens is 2. The normalized spacial score (nSPS) is 20.8. The van der Waals surface area contributed by atoms with Crippen molar-refractivity contribution in [2.75, 3.05) is 31.1 Å². The average molecular weight is 374 g/mol. The third-order valence-electron chi connectivity index (χ3n) is 5.69. The molecule has 0 spiro atoms. The zero-order chi connectivity index (χ0) is 18.9. The lowest BCUT2D eigenvalue weighted by atomic mass is 9.92. The van der Waals surface area contributed by atoms with Crippen LogP contribution in [0.3, 0.4) is 0 Å². The zero-order valence-corrected chi connectivity index (χ0v) is 15.3. The largest absolute Gasteiger partial charge is 0.355 e. The van der Waals surface area contributed by atoms with Crippen molar-refractivity contribution in [2.24, 2.45) is 5.92 Å². The zero-order valence-electron chi connectivity index (χ0n) is 15.3. The molecule has 2 aliphatic heterocycles. The first-order chi connectivity index (χ1) is 13.0. The first-order valence-electron chi connectivity index (χ1n) is 9.62. The summed E-state index contributed by atoms with van der Waals surface area (Å²) in [6.45, 7) is 2.03. The lowest BCUT2D eigenvalue weighted by molar-refractivity contribution is -0.138. The molecule has 1 aromatic carbocycles. The van der Waals surface area contributed by atoms with Crippen molar-refractivity contribution in [1.82, 2.24) is 14.9 Å². The third-order valence-corrected chi connectivity index (χ3v) is 5.69. The van der Waals surface area contributed by atoms with Crippen molar-refractivity contribution in [2.45, 2.75) is 38.0 Å². The quantitative estimate of drug-likeness (QED) is 0.825. The molecule has 0 radical (unpaired) electrons. The highest BCUT2D eigenvalue weighted by Gasteiger charge is 2.36. The number of alkyl halides is 2. The van der Waals surface area contributed by atoms with Gasteiger partial charge in [0.15, 0.2) is 0 Å². The maximum atomic E-state index is 13.2. The van der Waals surface area contributed by atoms with Gasteiger partial charge in [-0.05, 0) is 30.9 Å². The Kier molecular flexibility index (Phi) is 4.93. The Labute approximate surface area is 157 Å². The van der Waals surface area contributed by atoms with Crippen LogP contribution in [-0.2, 0) is 4.79 Å². The Hall–Kier alpha value is -2.31. The number of likely N-dealkylation sites (tertiary alicyclic amines) is 1. The van der Waals surface area contributed by atoms with Gasteiger partial charge in [-0.3, -0.25) is 9.78 Å². The van der Waals surface area contributed by atoms with Crippen LogP contribution in [0.25, 0.3) is 11.0 Å². The number of aromatic nitrogens is 2. The molecule has 2 aromatic rings. The first-order valence-corrected chi connectivity index (χ1v) is 9.62. The number of nitrogens with zero attached hydrogens (tertiary/aromatic N) is 4. The van der Waals surface area contributed by atoms with Crippen LogP contribution in [0.5, 0.6) is 0 Å². The molecule has 0 aliphatic carbocycles. The molecule has 1 aromatic heterocycles. The minimum atomic E-state index is -2.61. The highest BCUT2D eigenvalue weighted by Crippen LogP contribution is 2.30. The highest BCUT2D eigenvalue weighted by atomic mass is 19.3. The van der Waals surface area contributed by atoms with Crippen LogP contribution >= 0.6 is 0 Å². The van der Waals surface area contributed by atoms with E-state index in [2.05, 4.69) is 14.9 Å². The van der Waals surface area contributed by atoms with Gasteiger partial charge in [-0.2, -0.15) is 0 Å². The summed E-state index contributed by atoms with van der Waals surface area (Å²) < 4.78 is 26.5. The number of carbonyl (C=O) groups is 1. The van der Waals surface area contributed by atoms with Gasteiger partial charge < -0.3 is 9.80 Å². The second-order valence-corrected chi connectivity index (χ2v) is 7.59. The topological polar surface area (TPSA) is 49.3 Å². The van der Waals surface area contributed by atoms with Crippen LogP contribution in [0.1, 0.15) is 32.1 Å². The summed E-state index contributed by atoms with van der Waals surface area (Å²) in [6.07, 6.45) is 3.66. The number of rotatable bonds is 3. The van der Waals surface area contributed by atoms with E-state index in [1.807, 2.05) is 30.5 Å². The summed E-state index contributed by atoms with van der Waals surface area (Å²) in [5.41, 5.74) is 1.77. The molecule has 0 atom stereocenters. The van der Waals surface area contributed by atoms with Gasteiger partial charge in [-0.25, -0.2) is 13.8 Å². The van der Waals surface area contributed by atoms with E-state index in [4.69, 9.17) is 0 Å². The molecule has 5 nitrogen and oxygen atoms in total. The Morgan fingerprint density at radius 3 is 2.44 bits per heavy atom. The molecular weight excluding hydrogens is 350 g/mol. The van der Waals surface area contributed by atoms with Gasteiger partial charge in [0.2, 0.25) is 5.91 Å². The fourth-order valence-corrected chi connectivity index (χ4v) is 3.93. The van der Waals surface area contributed by atoms with Crippen molar-refractivity contribution in [3.63, 3.8) is 0 Å². The summed E-state index contributed by atoms with van der Waals surface area (Å²) in [6, 6.07) is 7.80. The summed E-state index contributed by atoms with van der Waals surface area (Å²) >= 11 is 0. The molecule has 1 amide bonds. The van der Waals surface area contributed by atoms with E-state index >= 15 is 0 Å². The molecule has 4 rings (SSSR count). The maximum absolute atomic E-state index is 13.2. The van der Waals surface area contributed by atoms with Gasteiger partial charge in [0, 0.05) is 45.4 Å². The van der Waals surface area contributed by atoms with Gasteiger partial charge in [-0.15, -0.1) is 0 Å². The SMILES string of the molecule is O=C(CC1CCN(c2cnc3ccccc3n2)CC1)N1CCC(F)(F)CC1. The molecule has 0 bridgehead atoms. The summed E-state index contributed by atoms with van der Waals surface area (Å²) in [4.78, 5) is 25.4. The van der Waals surface area contributed by atoms with E-state index < -0.39 is 5.92 Å². The lowest BCUT2D eigenvalue weighted by Crippen LogP contribution is -2.44. The summed E-state index contributed by atoms with van der Waals surface area (Å²) in [7, 11) is 0. The molecule has 0 unspecified atom stereocenters. The minimum Gasteiger partial charge on any atom is -0.355 e. The number of benzene rings is 1. The standard InChI is InChI=1S/C20H24F2N4O/c21-20(22)7-11-26(12-8-20)19(27)13-15-5-9-25(10-6-15)18-14-23-16-3-1-2-4-17(16)24-18/h1-4,14-15H,5-13H2. The predicted octanol–water partition coefficient (Wildman–Crippen LogP) is 3.49. The number of hydrogen-bond acceptors (Lipinski definition) is 4. The van der Waals surface area contributed by atoms with Crippen molar-refractivity contribution >= 4 is 22.8 Å². The molecule has 2 fully saturated rings. The number of amides is 1. The number of para-hydroxylation sites is 2. The van der Waals surface area contributed by atoms with Crippen LogP contribution in [0, 0.1) is 5.92 Å². The molecule has 3 heterocycles. The van der Waals surface area contributed by atoms with Crippen molar-refractivity contribution < 1.29 is 13.6 Å².